The summed E-state index contributed by atoms with van der Waals surface area (Å²) in [6, 6.07) is 6.53. The molecule has 0 aliphatic rings. The second-order valence-electron chi connectivity index (χ2n) is 7.90. The number of carbonyl (C=O) groups is 2. The molecule has 0 aliphatic heterocycles. The van der Waals surface area contributed by atoms with E-state index >= 15 is 0 Å². The Morgan fingerprint density at radius 1 is 1.09 bits per heavy atom. The molecule has 1 atom stereocenters. The van der Waals surface area contributed by atoms with Crippen molar-refractivity contribution < 1.29 is 42.1 Å². The van der Waals surface area contributed by atoms with Crippen LogP contribution in [0.3, 0.4) is 0 Å². The second kappa shape index (κ2) is 15.4. The highest BCUT2D eigenvalue weighted by atomic mass is 19.4. The van der Waals surface area contributed by atoms with Gasteiger partial charge in [-0.3, -0.25) is 0 Å². The zero-order valence-corrected chi connectivity index (χ0v) is 19.9. The van der Waals surface area contributed by atoms with Gasteiger partial charge in [-0.1, -0.05) is 12.1 Å². The van der Waals surface area contributed by atoms with Crippen molar-refractivity contribution in [2.24, 2.45) is 0 Å². The molecule has 0 fully saturated rings. The van der Waals surface area contributed by atoms with Crippen LogP contribution in [0.25, 0.3) is 0 Å². The van der Waals surface area contributed by atoms with E-state index in [0.29, 0.717) is 12.4 Å². The number of carboxylic acids is 1. The van der Waals surface area contributed by atoms with E-state index in [-0.39, 0.29) is 57.8 Å². The number of rotatable bonds is 16. The number of hydrogen-bond acceptors (Lipinski definition) is 5. The summed E-state index contributed by atoms with van der Waals surface area (Å²) < 4.78 is 52.7. The number of amides is 2. The molecule has 194 valence electrons. The number of nitrogens with one attached hydrogen (secondary N) is 1. The lowest BCUT2D eigenvalue weighted by Crippen LogP contribution is -2.46. The number of alkyl halides is 3. The van der Waals surface area contributed by atoms with E-state index < -0.39 is 24.7 Å². The molecule has 0 bridgehead atoms. The van der Waals surface area contributed by atoms with Gasteiger partial charge in [-0.05, 0) is 44.9 Å². The second-order valence-corrected chi connectivity index (χ2v) is 7.90. The van der Waals surface area contributed by atoms with E-state index in [2.05, 4.69) is 5.32 Å². The molecule has 11 heteroatoms. The lowest BCUT2D eigenvalue weighted by molar-refractivity contribution is -0.150. The summed E-state index contributed by atoms with van der Waals surface area (Å²) in [6.45, 7) is 6.41. The third kappa shape index (κ3) is 13.2. The van der Waals surface area contributed by atoms with Crippen molar-refractivity contribution in [2.45, 2.75) is 58.4 Å². The number of hydrogen-bond donors (Lipinski definition) is 2. The Hall–Kier alpha value is -2.53. The first kappa shape index (κ1) is 29.5. The standard InChI is InChI=1S/C23H35F3N2O6/c1-4-33-20(21(29)30)16-18-6-8-19(9-7-18)34-15-12-28(22(31)27-17(2)3)11-14-32-13-5-10-23(24,25)26/h6-9,17,20H,4-5,10-16H2,1-3H3,(H,27,31)(H,29,30). The minimum absolute atomic E-state index is 0.0337. The topological polar surface area (TPSA) is 97.3 Å². The van der Waals surface area contributed by atoms with Crippen LogP contribution in [-0.2, 0) is 20.7 Å². The van der Waals surface area contributed by atoms with Gasteiger partial charge in [-0.2, -0.15) is 13.2 Å². The van der Waals surface area contributed by atoms with E-state index in [1.54, 1.807) is 31.2 Å². The lowest BCUT2D eigenvalue weighted by Gasteiger charge is -2.24. The summed E-state index contributed by atoms with van der Waals surface area (Å²) in [5.41, 5.74) is 0.786. The zero-order chi connectivity index (χ0) is 25.6. The monoisotopic (exact) mass is 492 g/mol. The molecule has 0 aromatic heterocycles. The third-order valence-corrected chi connectivity index (χ3v) is 4.57. The Bertz CT molecular complexity index is 728. The normalized spacial score (nSPS) is 12.4. The van der Waals surface area contributed by atoms with Crippen molar-refractivity contribution in [1.82, 2.24) is 10.2 Å². The van der Waals surface area contributed by atoms with Crippen molar-refractivity contribution in [2.75, 3.05) is 39.5 Å². The van der Waals surface area contributed by atoms with Gasteiger partial charge in [-0.15, -0.1) is 0 Å². The highest BCUT2D eigenvalue weighted by molar-refractivity contribution is 5.74. The third-order valence-electron chi connectivity index (χ3n) is 4.57. The molecule has 1 rings (SSSR count). The predicted octanol–water partition coefficient (Wildman–Crippen LogP) is 3.88. The summed E-state index contributed by atoms with van der Waals surface area (Å²) in [5, 5.41) is 12.0. The van der Waals surface area contributed by atoms with Crippen molar-refractivity contribution in [1.29, 1.82) is 0 Å². The Morgan fingerprint density at radius 3 is 2.29 bits per heavy atom. The van der Waals surface area contributed by atoms with E-state index in [4.69, 9.17) is 14.2 Å². The first-order chi connectivity index (χ1) is 16.0. The quantitative estimate of drug-likeness (QED) is 0.340. The fourth-order valence-corrected chi connectivity index (χ4v) is 2.93. The van der Waals surface area contributed by atoms with Crippen LogP contribution in [0.1, 0.15) is 39.2 Å². The van der Waals surface area contributed by atoms with Crippen LogP contribution < -0.4 is 10.1 Å². The van der Waals surface area contributed by atoms with Crippen LogP contribution in [0.2, 0.25) is 0 Å². The molecule has 0 aliphatic carbocycles. The SMILES string of the molecule is CCOC(Cc1ccc(OCCN(CCOCCCC(F)(F)F)C(=O)NC(C)C)cc1)C(=O)O. The maximum absolute atomic E-state index is 12.4. The summed E-state index contributed by atoms with van der Waals surface area (Å²) in [5.74, 6) is -0.467. The smallest absolute Gasteiger partial charge is 0.389 e. The summed E-state index contributed by atoms with van der Waals surface area (Å²) in [7, 11) is 0. The summed E-state index contributed by atoms with van der Waals surface area (Å²) in [4.78, 5) is 25.1. The van der Waals surface area contributed by atoms with Crippen LogP contribution in [0.5, 0.6) is 5.75 Å². The summed E-state index contributed by atoms with van der Waals surface area (Å²) >= 11 is 0. The minimum Gasteiger partial charge on any atom is -0.492 e. The Balaban J connectivity index is 2.50. The van der Waals surface area contributed by atoms with Gasteiger partial charge in [0.25, 0.3) is 0 Å². The van der Waals surface area contributed by atoms with Crippen LogP contribution in [0.15, 0.2) is 24.3 Å². The number of carbonyl (C=O) groups excluding carboxylic acids is 1. The molecule has 0 heterocycles. The average Bonchev–Trinajstić information content (AvgIpc) is 2.74. The number of urea groups is 1. The van der Waals surface area contributed by atoms with Gasteiger partial charge in [0, 0.05) is 38.6 Å². The Morgan fingerprint density at radius 2 is 1.74 bits per heavy atom. The zero-order valence-electron chi connectivity index (χ0n) is 19.9. The van der Waals surface area contributed by atoms with E-state index in [1.165, 1.54) is 4.90 Å². The van der Waals surface area contributed by atoms with Gasteiger partial charge in [0.2, 0.25) is 0 Å². The molecule has 2 N–H and O–H groups in total. The van der Waals surface area contributed by atoms with Crippen molar-refractivity contribution in [3.8, 4) is 5.75 Å². The molecule has 1 unspecified atom stereocenters. The van der Waals surface area contributed by atoms with E-state index in [0.717, 1.165) is 5.56 Å². The minimum atomic E-state index is -4.21. The molecule has 2 amide bonds. The fraction of sp³-hybridized carbons (Fsp3) is 0.652. The number of carboxylic acid groups (broad SMARTS) is 1. The van der Waals surface area contributed by atoms with Gasteiger partial charge in [0.1, 0.15) is 12.4 Å². The first-order valence-electron chi connectivity index (χ1n) is 11.3. The predicted molar refractivity (Wildman–Crippen MR) is 120 cm³/mol. The molecule has 1 aromatic carbocycles. The van der Waals surface area contributed by atoms with Crippen LogP contribution in [0.4, 0.5) is 18.0 Å². The maximum Gasteiger partial charge on any atom is 0.389 e. The fourth-order valence-electron chi connectivity index (χ4n) is 2.93. The first-order valence-corrected chi connectivity index (χ1v) is 11.3. The number of benzene rings is 1. The molecular formula is C23H35F3N2O6. The molecule has 0 radical (unpaired) electrons. The Kier molecular flexibility index (Phi) is 13.4. The number of ether oxygens (including phenoxy) is 3. The summed E-state index contributed by atoms with van der Waals surface area (Å²) in [6.07, 6.45) is -5.92. The van der Waals surface area contributed by atoms with E-state index in [1.807, 2.05) is 13.8 Å². The molecule has 0 saturated carbocycles. The Labute approximate surface area is 198 Å². The van der Waals surface area contributed by atoms with Crippen molar-refractivity contribution in [3.63, 3.8) is 0 Å². The van der Waals surface area contributed by atoms with Crippen molar-refractivity contribution in [3.05, 3.63) is 29.8 Å². The van der Waals surface area contributed by atoms with Gasteiger partial charge >= 0.3 is 18.2 Å². The molecule has 8 nitrogen and oxygen atoms in total. The maximum atomic E-state index is 12.4. The molecular weight excluding hydrogens is 457 g/mol. The highest BCUT2D eigenvalue weighted by Gasteiger charge is 2.26. The lowest BCUT2D eigenvalue weighted by atomic mass is 10.1. The van der Waals surface area contributed by atoms with E-state index in [9.17, 15) is 27.9 Å². The van der Waals surface area contributed by atoms with Gasteiger partial charge < -0.3 is 29.5 Å². The van der Waals surface area contributed by atoms with Gasteiger partial charge in [0.05, 0.1) is 13.2 Å². The van der Waals surface area contributed by atoms with Crippen LogP contribution in [0, 0.1) is 0 Å². The number of halogens is 3. The van der Waals surface area contributed by atoms with Gasteiger partial charge in [0.15, 0.2) is 6.10 Å². The van der Waals surface area contributed by atoms with Gasteiger partial charge in [-0.25, -0.2) is 9.59 Å². The highest BCUT2D eigenvalue weighted by Crippen LogP contribution is 2.21. The average molecular weight is 493 g/mol. The molecule has 0 spiro atoms. The van der Waals surface area contributed by atoms with Crippen LogP contribution in [-0.4, -0.2) is 79.8 Å². The molecule has 34 heavy (non-hydrogen) atoms. The number of nitrogens with zero attached hydrogens (tertiary/aromatic N) is 1. The molecule has 0 saturated heterocycles. The number of aliphatic carboxylic acids is 1. The largest absolute Gasteiger partial charge is 0.492 e. The van der Waals surface area contributed by atoms with Crippen molar-refractivity contribution >= 4 is 12.0 Å². The molecule has 1 aromatic rings. The van der Waals surface area contributed by atoms with Crippen LogP contribution >= 0.6 is 0 Å².